The van der Waals surface area contributed by atoms with Gasteiger partial charge in [-0.15, -0.1) is 0 Å². The van der Waals surface area contributed by atoms with Crippen LogP contribution in [-0.4, -0.2) is 12.0 Å². The van der Waals surface area contributed by atoms with E-state index in [4.69, 9.17) is 11.6 Å². The summed E-state index contributed by atoms with van der Waals surface area (Å²) in [6.07, 6.45) is 0. The van der Waals surface area contributed by atoms with Crippen LogP contribution in [-0.2, 0) is 0 Å². The zero-order chi connectivity index (χ0) is 12.4. The molecule has 2 rings (SSSR count). The van der Waals surface area contributed by atoms with Gasteiger partial charge in [0, 0.05) is 12.7 Å². The maximum atomic E-state index is 5.90. The van der Waals surface area contributed by atoms with E-state index >= 15 is 0 Å². The molecule has 0 aliphatic rings. The summed E-state index contributed by atoms with van der Waals surface area (Å²) in [6.45, 7) is 4.19. The van der Waals surface area contributed by atoms with Crippen molar-refractivity contribution in [2.75, 3.05) is 11.9 Å². The van der Waals surface area contributed by atoms with Gasteiger partial charge in [0.15, 0.2) is 0 Å². The highest BCUT2D eigenvalue weighted by atomic mass is 35.5. The fraction of sp³-hybridized carbons (Fsp3) is 0.214. The Labute approximate surface area is 107 Å². The Kier molecular flexibility index (Phi) is 3.34. The molecule has 0 amide bonds. The summed E-state index contributed by atoms with van der Waals surface area (Å²) in [5.41, 5.74) is 3.61. The highest BCUT2D eigenvalue weighted by molar-refractivity contribution is 6.29. The van der Waals surface area contributed by atoms with Crippen molar-refractivity contribution in [2.24, 2.45) is 0 Å². The minimum absolute atomic E-state index is 0.513. The number of rotatable bonds is 2. The molecule has 1 heterocycles. The highest BCUT2D eigenvalue weighted by Crippen LogP contribution is 2.24. The van der Waals surface area contributed by atoms with Gasteiger partial charge in [-0.3, -0.25) is 0 Å². The molecule has 1 aromatic heterocycles. The van der Waals surface area contributed by atoms with Crippen molar-refractivity contribution in [1.29, 1.82) is 0 Å². The van der Waals surface area contributed by atoms with Gasteiger partial charge in [-0.25, -0.2) is 4.98 Å². The van der Waals surface area contributed by atoms with Crippen LogP contribution in [0.3, 0.4) is 0 Å². The van der Waals surface area contributed by atoms with Gasteiger partial charge in [0.1, 0.15) is 11.0 Å². The molecule has 0 aliphatic carbocycles. The summed E-state index contributed by atoms with van der Waals surface area (Å²) in [7, 11) is 1.99. The van der Waals surface area contributed by atoms with E-state index in [0.29, 0.717) is 5.15 Å². The lowest BCUT2D eigenvalue weighted by molar-refractivity contribution is 1.12. The summed E-state index contributed by atoms with van der Waals surface area (Å²) in [4.78, 5) is 6.33. The molecule has 0 spiro atoms. The van der Waals surface area contributed by atoms with Crippen LogP contribution in [0.2, 0.25) is 5.15 Å². The van der Waals surface area contributed by atoms with Crippen LogP contribution < -0.4 is 4.90 Å². The van der Waals surface area contributed by atoms with Crippen molar-refractivity contribution >= 4 is 23.1 Å². The smallest absolute Gasteiger partial charge is 0.134 e. The van der Waals surface area contributed by atoms with Crippen molar-refractivity contribution in [3.63, 3.8) is 0 Å². The van der Waals surface area contributed by atoms with E-state index in [1.54, 1.807) is 6.07 Å². The molecule has 0 unspecified atom stereocenters. The average Bonchev–Trinajstić information content (AvgIpc) is 2.26. The van der Waals surface area contributed by atoms with Gasteiger partial charge in [0.05, 0.1) is 0 Å². The van der Waals surface area contributed by atoms with Crippen molar-refractivity contribution in [1.82, 2.24) is 4.98 Å². The van der Waals surface area contributed by atoms with Crippen LogP contribution in [0.5, 0.6) is 0 Å². The normalized spacial score (nSPS) is 10.4. The third-order valence-corrected chi connectivity index (χ3v) is 2.85. The van der Waals surface area contributed by atoms with Crippen LogP contribution >= 0.6 is 11.6 Å². The van der Waals surface area contributed by atoms with E-state index in [1.165, 1.54) is 11.1 Å². The van der Waals surface area contributed by atoms with Gasteiger partial charge in [0.25, 0.3) is 0 Å². The zero-order valence-corrected chi connectivity index (χ0v) is 11.0. The van der Waals surface area contributed by atoms with E-state index in [1.807, 2.05) is 24.1 Å². The van der Waals surface area contributed by atoms with Crippen LogP contribution in [0, 0.1) is 13.8 Å². The van der Waals surface area contributed by atoms with Crippen molar-refractivity contribution in [3.8, 4) is 0 Å². The van der Waals surface area contributed by atoms with Crippen molar-refractivity contribution in [2.45, 2.75) is 13.8 Å². The topological polar surface area (TPSA) is 16.1 Å². The molecule has 0 radical (unpaired) electrons. The number of hydrogen-bond donors (Lipinski definition) is 0. The predicted octanol–water partition coefficient (Wildman–Crippen LogP) is 4.12. The summed E-state index contributed by atoms with van der Waals surface area (Å²) < 4.78 is 0. The van der Waals surface area contributed by atoms with Gasteiger partial charge in [-0.1, -0.05) is 23.7 Å². The molecular weight excluding hydrogens is 232 g/mol. The number of benzene rings is 1. The fourth-order valence-electron chi connectivity index (χ4n) is 1.86. The minimum Gasteiger partial charge on any atom is -0.329 e. The van der Waals surface area contributed by atoms with Gasteiger partial charge in [-0.2, -0.15) is 0 Å². The largest absolute Gasteiger partial charge is 0.329 e. The molecule has 3 heteroatoms. The Morgan fingerprint density at radius 3 is 2.29 bits per heavy atom. The van der Waals surface area contributed by atoms with E-state index in [-0.39, 0.29) is 0 Å². The number of hydrogen-bond acceptors (Lipinski definition) is 2. The van der Waals surface area contributed by atoms with Crippen LogP contribution in [0.1, 0.15) is 11.1 Å². The number of anilines is 2. The van der Waals surface area contributed by atoms with Gasteiger partial charge >= 0.3 is 0 Å². The second-order valence-electron chi connectivity index (χ2n) is 4.22. The molecule has 2 aromatic rings. The summed E-state index contributed by atoms with van der Waals surface area (Å²) in [5.74, 6) is 0.850. The Hall–Kier alpha value is -1.54. The fourth-order valence-corrected chi connectivity index (χ4v) is 2.02. The number of halogens is 1. The van der Waals surface area contributed by atoms with Crippen LogP contribution in [0.25, 0.3) is 0 Å². The third kappa shape index (κ3) is 2.77. The van der Waals surface area contributed by atoms with E-state index in [2.05, 4.69) is 37.0 Å². The first kappa shape index (κ1) is 11.9. The molecule has 0 fully saturated rings. The second-order valence-corrected chi connectivity index (χ2v) is 4.61. The lowest BCUT2D eigenvalue weighted by atomic mass is 10.1. The molecule has 0 bridgehead atoms. The molecule has 0 saturated heterocycles. The molecule has 0 atom stereocenters. The van der Waals surface area contributed by atoms with Gasteiger partial charge in [-0.05, 0) is 49.2 Å². The maximum Gasteiger partial charge on any atom is 0.134 e. The SMILES string of the molecule is Cc1cc(C)cc(N(C)c2cccc(Cl)n2)c1. The van der Waals surface area contributed by atoms with E-state index < -0.39 is 0 Å². The Morgan fingerprint density at radius 2 is 1.71 bits per heavy atom. The summed E-state index contributed by atoms with van der Waals surface area (Å²) in [5, 5.41) is 0.513. The first-order valence-electron chi connectivity index (χ1n) is 5.51. The van der Waals surface area contributed by atoms with E-state index in [9.17, 15) is 0 Å². The standard InChI is InChI=1S/C14H15ClN2/c1-10-7-11(2)9-12(8-10)17(3)14-6-4-5-13(15)16-14/h4-9H,1-3H3. The Bertz CT molecular complexity index is 517. The average molecular weight is 247 g/mol. The minimum atomic E-state index is 0.513. The molecule has 0 saturated carbocycles. The molecule has 17 heavy (non-hydrogen) atoms. The van der Waals surface area contributed by atoms with Crippen molar-refractivity contribution < 1.29 is 0 Å². The molecular formula is C14H15ClN2. The number of nitrogens with zero attached hydrogens (tertiary/aromatic N) is 2. The summed E-state index contributed by atoms with van der Waals surface area (Å²) in [6, 6.07) is 12.1. The maximum absolute atomic E-state index is 5.90. The molecule has 88 valence electrons. The number of aromatic nitrogens is 1. The quantitative estimate of drug-likeness (QED) is 0.741. The monoisotopic (exact) mass is 246 g/mol. The second kappa shape index (κ2) is 4.76. The molecule has 2 nitrogen and oxygen atoms in total. The Balaban J connectivity index is 2.39. The number of aryl methyl sites for hydroxylation is 2. The van der Waals surface area contributed by atoms with Crippen LogP contribution in [0.4, 0.5) is 11.5 Å². The lowest BCUT2D eigenvalue weighted by Crippen LogP contribution is -2.11. The first-order valence-corrected chi connectivity index (χ1v) is 5.88. The predicted molar refractivity (Wildman–Crippen MR) is 73.2 cm³/mol. The van der Waals surface area contributed by atoms with Gasteiger partial charge in [0.2, 0.25) is 0 Å². The lowest BCUT2D eigenvalue weighted by Gasteiger charge is -2.19. The molecule has 0 N–H and O–H groups in total. The first-order chi connectivity index (χ1) is 8.06. The van der Waals surface area contributed by atoms with Gasteiger partial charge < -0.3 is 4.90 Å². The highest BCUT2D eigenvalue weighted by Gasteiger charge is 2.06. The Morgan fingerprint density at radius 1 is 1.06 bits per heavy atom. The summed E-state index contributed by atoms with van der Waals surface area (Å²) >= 11 is 5.90. The van der Waals surface area contributed by atoms with E-state index in [0.717, 1.165) is 11.5 Å². The van der Waals surface area contributed by atoms with Crippen molar-refractivity contribution in [3.05, 3.63) is 52.7 Å². The third-order valence-electron chi connectivity index (χ3n) is 2.64. The number of pyridine rings is 1. The van der Waals surface area contributed by atoms with Crippen LogP contribution in [0.15, 0.2) is 36.4 Å². The molecule has 0 aliphatic heterocycles. The zero-order valence-electron chi connectivity index (χ0n) is 10.2. The molecule has 1 aromatic carbocycles.